The fraction of sp³-hybridized carbons (Fsp3) is 0.448. The van der Waals surface area contributed by atoms with Gasteiger partial charge in [-0.2, -0.15) is 0 Å². The molecule has 2 amide bonds. The van der Waals surface area contributed by atoms with E-state index in [9.17, 15) is 9.59 Å². The molecule has 0 radical (unpaired) electrons. The first-order valence-electron chi connectivity index (χ1n) is 12.9. The van der Waals surface area contributed by atoms with Crippen LogP contribution in [-0.4, -0.2) is 55.0 Å². The zero-order valence-electron chi connectivity index (χ0n) is 21.8. The lowest BCUT2D eigenvalue weighted by atomic mass is 10.0. The van der Waals surface area contributed by atoms with E-state index in [1.165, 1.54) is 12.8 Å². The Kier molecular flexibility index (Phi) is 8.31. The highest BCUT2D eigenvalue weighted by atomic mass is 16.5. The average molecular weight is 491 g/mol. The van der Waals surface area contributed by atoms with Gasteiger partial charge in [-0.25, -0.2) is 0 Å². The molecule has 7 nitrogen and oxygen atoms in total. The molecule has 1 heterocycles. The van der Waals surface area contributed by atoms with Crippen LogP contribution in [-0.2, 0) is 4.79 Å². The Morgan fingerprint density at radius 3 is 2.47 bits per heavy atom. The number of H-pyrrole nitrogens is 1. The van der Waals surface area contributed by atoms with Crippen LogP contribution < -0.4 is 15.4 Å². The lowest BCUT2D eigenvalue weighted by molar-refractivity contribution is -0.123. The first-order valence-corrected chi connectivity index (χ1v) is 12.9. The molecule has 1 unspecified atom stereocenters. The number of likely N-dealkylation sites (N-methyl/N-ethyl adjacent to an activating group) is 1. The van der Waals surface area contributed by atoms with Crippen molar-refractivity contribution in [2.45, 2.75) is 51.6 Å². The molecule has 36 heavy (non-hydrogen) atoms. The van der Waals surface area contributed by atoms with Crippen LogP contribution in [0.25, 0.3) is 10.9 Å². The molecule has 0 bridgehead atoms. The Balaban J connectivity index is 1.39. The largest absolute Gasteiger partial charge is 0.492 e. The van der Waals surface area contributed by atoms with Crippen molar-refractivity contribution < 1.29 is 14.3 Å². The second-order valence-electron chi connectivity index (χ2n) is 10.2. The lowest BCUT2D eigenvalue weighted by Gasteiger charge is -2.22. The van der Waals surface area contributed by atoms with Crippen molar-refractivity contribution in [2.24, 2.45) is 5.92 Å². The predicted octanol–water partition coefficient (Wildman–Crippen LogP) is 4.58. The molecule has 192 valence electrons. The summed E-state index contributed by atoms with van der Waals surface area (Å²) in [5.41, 5.74) is 3.31. The van der Waals surface area contributed by atoms with Gasteiger partial charge in [-0.05, 0) is 76.0 Å². The van der Waals surface area contributed by atoms with E-state index in [0.29, 0.717) is 24.6 Å². The summed E-state index contributed by atoms with van der Waals surface area (Å²) >= 11 is 0. The van der Waals surface area contributed by atoms with Crippen molar-refractivity contribution in [3.63, 3.8) is 0 Å². The first-order chi connectivity index (χ1) is 17.3. The molecule has 4 rings (SSSR count). The molecule has 0 saturated heterocycles. The van der Waals surface area contributed by atoms with Gasteiger partial charge in [-0.1, -0.05) is 43.2 Å². The monoisotopic (exact) mass is 490 g/mol. The van der Waals surface area contributed by atoms with Crippen LogP contribution in [0.1, 0.15) is 60.3 Å². The molecule has 1 saturated carbocycles. The molecule has 7 heteroatoms. The zero-order valence-corrected chi connectivity index (χ0v) is 21.8. The van der Waals surface area contributed by atoms with E-state index < -0.39 is 6.04 Å². The van der Waals surface area contributed by atoms with Crippen molar-refractivity contribution >= 4 is 22.7 Å². The number of carbonyl (C=O) groups excluding carboxylic acids is 2. The number of hydrogen-bond donors (Lipinski definition) is 3. The van der Waals surface area contributed by atoms with E-state index in [0.717, 1.165) is 40.7 Å². The van der Waals surface area contributed by atoms with E-state index in [2.05, 4.69) is 20.5 Å². The topological polar surface area (TPSA) is 86.5 Å². The number of aryl methyl sites for hydroxylation is 1. The summed E-state index contributed by atoms with van der Waals surface area (Å²) < 4.78 is 5.77. The number of amides is 2. The standard InChI is InChI=1S/C29H38N4O3/c1-19-24-7-5-6-8-25(24)31-27(19)29(35)32-26(16-11-21-9-10-21)28(34)30-20(2)22-12-14-23(15-13-22)36-18-17-33(3)4/h5-8,12-15,20-21,26,31H,9-11,16-18H2,1-4H3,(H,30,34)(H,32,35)/t20?,26-/m0/s1. The predicted molar refractivity (Wildman–Crippen MR) is 143 cm³/mol. The average Bonchev–Trinajstić information content (AvgIpc) is 3.63. The molecule has 3 aromatic rings. The maximum absolute atomic E-state index is 13.3. The molecule has 2 aromatic carbocycles. The van der Waals surface area contributed by atoms with Crippen LogP contribution in [0.5, 0.6) is 5.75 Å². The number of nitrogens with one attached hydrogen (secondary N) is 3. The van der Waals surface area contributed by atoms with Crippen molar-refractivity contribution in [2.75, 3.05) is 27.2 Å². The van der Waals surface area contributed by atoms with Crippen molar-refractivity contribution in [1.29, 1.82) is 0 Å². The van der Waals surface area contributed by atoms with Crippen molar-refractivity contribution in [1.82, 2.24) is 20.5 Å². The second kappa shape index (κ2) is 11.6. The molecule has 0 aliphatic heterocycles. The summed E-state index contributed by atoms with van der Waals surface area (Å²) in [6, 6.07) is 14.9. The summed E-state index contributed by atoms with van der Waals surface area (Å²) in [5.74, 6) is 1.08. The highest BCUT2D eigenvalue weighted by molar-refractivity contribution is 6.02. The van der Waals surface area contributed by atoms with Gasteiger partial charge >= 0.3 is 0 Å². The summed E-state index contributed by atoms with van der Waals surface area (Å²) in [6.45, 7) is 5.36. The highest BCUT2D eigenvalue weighted by Crippen LogP contribution is 2.34. The van der Waals surface area contributed by atoms with Gasteiger partial charge in [-0.15, -0.1) is 0 Å². The van der Waals surface area contributed by atoms with Crippen LogP contribution in [0.3, 0.4) is 0 Å². The Morgan fingerprint density at radius 2 is 1.81 bits per heavy atom. The quantitative estimate of drug-likeness (QED) is 0.347. The molecule has 1 aliphatic rings. The number of benzene rings is 2. The molecule has 1 aromatic heterocycles. The minimum atomic E-state index is -0.583. The number of carbonyl (C=O) groups is 2. The van der Waals surface area contributed by atoms with E-state index >= 15 is 0 Å². The number of ether oxygens (including phenoxy) is 1. The minimum Gasteiger partial charge on any atom is -0.492 e. The van der Waals surface area contributed by atoms with Crippen LogP contribution in [0.2, 0.25) is 0 Å². The van der Waals surface area contributed by atoms with E-state index in [4.69, 9.17) is 4.74 Å². The Hall–Kier alpha value is -3.32. The molecule has 2 atom stereocenters. The summed E-state index contributed by atoms with van der Waals surface area (Å²) in [6.07, 6.45) is 4.00. The summed E-state index contributed by atoms with van der Waals surface area (Å²) in [4.78, 5) is 31.8. The third kappa shape index (κ3) is 6.66. The van der Waals surface area contributed by atoms with Gasteiger partial charge < -0.3 is 25.3 Å². The maximum Gasteiger partial charge on any atom is 0.268 e. The number of rotatable bonds is 12. The third-order valence-electron chi connectivity index (χ3n) is 6.92. The van der Waals surface area contributed by atoms with Gasteiger partial charge in [0.2, 0.25) is 5.91 Å². The van der Waals surface area contributed by atoms with E-state index in [1.807, 2.05) is 76.5 Å². The fourth-order valence-corrected chi connectivity index (χ4v) is 4.41. The molecular weight excluding hydrogens is 452 g/mol. The highest BCUT2D eigenvalue weighted by Gasteiger charge is 2.28. The fourth-order valence-electron chi connectivity index (χ4n) is 4.41. The minimum absolute atomic E-state index is 0.156. The number of para-hydroxylation sites is 1. The molecule has 1 aliphatic carbocycles. The SMILES string of the molecule is Cc1c(C(=O)N[C@@H](CCC2CC2)C(=O)NC(C)c2ccc(OCCN(C)C)cc2)[nH]c2ccccc12. The number of aromatic nitrogens is 1. The van der Waals surface area contributed by atoms with Gasteiger partial charge in [0.25, 0.3) is 5.91 Å². The van der Waals surface area contributed by atoms with E-state index in [1.54, 1.807) is 0 Å². The zero-order chi connectivity index (χ0) is 25.7. The molecular formula is C29H38N4O3. The van der Waals surface area contributed by atoms with E-state index in [-0.39, 0.29) is 17.9 Å². The molecule has 1 fully saturated rings. The Labute approximate surface area is 213 Å². The molecule has 0 spiro atoms. The van der Waals surface area contributed by atoms with Crippen LogP contribution >= 0.6 is 0 Å². The molecule has 3 N–H and O–H groups in total. The summed E-state index contributed by atoms with van der Waals surface area (Å²) in [5, 5.41) is 7.13. The van der Waals surface area contributed by atoms with Crippen LogP contribution in [0.15, 0.2) is 48.5 Å². The van der Waals surface area contributed by atoms with Gasteiger partial charge in [0.15, 0.2) is 0 Å². The Bertz CT molecular complexity index is 1180. The summed E-state index contributed by atoms with van der Waals surface area (Å²) in [7, 11) is 4.02. The van der Waals surface area contributed by atoms with Gasteiger partial charge in [0, 0.05) is 17.4 Å². The van der Waals surface area contributed by atoms with Gasteiger partial charge in [-0.3, -0.25) is 9.59 Å². The lowest BCUT2D eigenvalue weighted by Crippen LogP contribution is -2.47. The maximum atomic E-state index is 13.3. The smallest absolute Gasteiger partial charge is 0.268 e. The Morgan fingerprint density at radius 1 is 1.08 bits per heavy atom. The van der Waals surface area contributed by atoms with Crippen LogP contribution in [0, 0.1) is 12.8 Å². The first kappa shape index (κ1) is 25.8. The number of aromatic amines is 1. The number of hydrogen-bond acceptors (Lipinski definition) is 4. The number of nitrogens with zero attached hydrogens (tertiary/aromatic N) is 1. The van der Waals surface area contributed by atoms with Gasteiger partial charge in [0.1, 0.15) is 24.1 Å². The normalized spacial score (nSPS) is 15.0. The van der Waals surface area contributed by atoms with Crippen molar-refractivity contribution in [3.8, 4) is 5.75 Å². The second-order valence-corrected chi connectivity index (χ2v) is 10.2. The van der Waals surface area contributed by atoms with Gasteiger partial charge in [0.05, 0.1) is 6.04 Å². The third-order valence-corrected chi connectivity index (χ3v) is 6.92. The van der Waals surface area contributed by atoms with Crippen molar-refractivity contribution in [3.05, 3.63) is 65.4 Å². The van der Waals surface area contributed by atoms with Crippen LogP contribution in [0.4, 0.5) is 0 Å². The number of fused-ring (bicyclic) bond motifs is 1.